The fourth-order valence-electron chi connectivity index (χ4n) is 6.39. The molecule has 36 heavy (non-hydrogen) atoms. The van der Waals surface area contributed by atoms with Crippen LogP contribution in [0.1, 0.15) is 70.8 Å². The van der Waals surface area contributed by atoms with Crippen molar-refractivity contribution in [3.8, 4) is 5.69 Å². The fourth-order valence-corrected chi connectivity index (χ4v) is 6.39. The van der Waals surface area contributed by atoms with Gasteiger partial charge in [-0.05, 0) is 99.9 Å². The number of aromatic nitrogens is 6. The first-order valence-electron chi connectivity index (χ1n) is 12.6. The van der Waals surface area contributed by atoms with E-state index in [1.807, 2.05) is 0 Å². The van der Waals surface area contributed by atoms with Gasteiger partial charge in [0.15, 0.2) is 11.6 Å². The number of fused-ring (bicyclic) bond motifs is 1. The van der Waals surface area contributed by atoms with Crippen molar-refractivity contribution in [2.45, 2.75) is 82.3 Å². The van der Waals surface area contributed by atoms with E-state index in [2.05, 4.69) is 61.8 Å². The minimum atomic E-state index is -0.531. The molecule has 2 N–H and O–H groups in total. The minimum Gasteiger partial charge on any atom is -0.365 e. The molecule has 190 valence electrons. The fraction of sp³-hybridized carbons (Fsp3) is 0.560. The van der Waals surface area contributed by atoms with Gasteiger partial charge in [0.25, 0.3) is 0 Å². The molecule has 3 aromatic rings. The Balaban J connectivity index is 1.26. The number of hydrogen-bond acceptors (Lipinski definition) is 8. The number of rotatable bonds is 6. The number of benzene rings is 1. The Kier molecular flexibility index (Phi) is 5.43. The van der Waals surface area contributed by atoms with Gasteiger partial charge in [0.1, 0.15) is 12.1 Å². The van der Waals surface area contributed by atoms with E-state index in [-0.39, 0.29) is 34.6 Å². The number of halogens is 2. The molecule has 1 aromatic carbocycles. The van der Waals surface area contributed by atoms with Gasteiger partial charge < -0.3 is 10.6 Å². The number of piperidine rings is 1. The smallest absolute Gasteiger partial charge is 0.229 e. The molecular formula is C25H31F2N9. The predicted molar refractivity (Wildman–Crippen MR) is 131 cm³/mol. The molecule has 3 aliphatic rings. The molecule has 6 rings (SSSR count). The van der Waals surface area contributed by atoms with E-state index in [1.54, 1.807) is 6.07 Å². The average molecular weight is 496 g/mol. The maximum Gasteiger partial charge on any atom is 0.229 e. The van der Waals surface area contributed by atoms with Gasteiger partial charge in [-0.3, -0.25) is 4.90 Å². The second kappa shape index (κ2) is 8.43. The van der Waals surface area contributed by atoms with Gasteiger partial charge in [-0.15, -0.1) is 5.10 Å². The molecule has 3 fully saturated rings. The third kappa shape index (κ3) is 4.19. The molecule has 2 atom stereocenters. The SMILES string of the molecule is CC1(C)C[C@H](Nc2nc(Nc3cc(-n4cnnn4)c(C4CC4)cc3F)ncc2F)C[C@]2(C)CCCN12. The third-order valence-electron chi connectivity index (χ3n) is 7.97. The van der Waals surface area contributed by atoms with Crippen molar-refractivity contribution >= 4 is 17.5 Å². The zero-order chi connectivity index (χ0) is 25.1. The number of anilines is 3. The predicted octanol–water partition coefficient (Wildman–Crippen LogP) is 4.56. The molecule has 9 nitrogen and oxygen atoms in total. The van der Waals surface area contributed by atoms with Gasteiger partial charge >= 0.3 is 0 Å². The third-order valence-corrected chi connectivity index (χ3v) is 7.97. The molecule has 2 aliphatic heterocycles. The summed E-state index contributed by atoms with van der Waals surface area (Å²) in [4.78, 5) is 11.0. The largest absolute Gasteiger partial charge is 0.365 e. The van der Waals surface area contributed by atoms with E-state index in [9.17, 15) is 4.39 Å². The van der Waals surface area contributed by atoms with Crippen molar-refractivity contribution in [2.75, 3.05) is 17.2 Å². The monoisotopic (exact) mass is 495 g/mol. The van der Waals surface area contributed by atoms with Crippen LogP contribution in [0.5, 0.6) is 0 Å². The normalized spacial score (nSPS) is 25.5. The summed E-state index contributed by atoms with van der Waals surface area (Å²) in [5.74, 6) is -0.429. The summed E-state index contributed by atoms with van der Waals surface area (Å²) in [5.41, 5.74) is 1.83. The lowest BCUT2D eigenvalue weighted by molar-refractivity contribution is -0.00863. The Bertz CT molecular complexity index is 1270. The summed E-state index contributed by atoms with van der Waals surface area (Å²) in [6, 6.07) is 3.23. The summed E-state index contributed by atoms with van der Waals surface area (Å²) in [7, 11) is 0. The van der Waals surface area contributed by atoms with Gasteiger partial charge in [0, 0.05) is 17.1 Å². The van der Waals surface area contributed by atoms with Gasteiger partial charge in [0.05, 0.1) is 17.6 Å². The van der Waals surface area contributed by atoms with Crippen molar-refractivity contribution in [2.24, 2.45) is 0 Å². The molecular weight excluding hydrogens is 464 g/mol. The van der Waals surface area contributed by atoms with Gasteiger partial charge in [-0.1, -0.05) is 0 Å². The van der Waals surface area contributed by atoms with E-state index in [1.165, 1.54) is 23.5 Å². The Morgan fingerprint density at radius 1 is 1.08 bits per heavy atom. The standard InChI is InChI=1S/C25H31F2N9/c1-24(2)11-16(12-25(3)7-4-8-36(24)25)30-22-19(27)13-28-23(32-22)31-20-10-21(35-14-29-33-34-35)17(9-18(20)26)15-5-6-15/h9-10,13-16H,4-8,11-12H2,1-3H3,(H2,28,30,31,32)/t16-,25-/m0/s1. The van der Waals surface area contributed by atoms with E-state index < -0.39 is 11.6 Å². The molecule has 0 spiro atoms. The molecule has 0 radical (unpaired) electrons. The Labute approximate surface area is 208 Å². The molecule has 11 heteroatoms. The molecule has 2 aromatic heterocycles. The average Bonchev–Trinajstić information content (AvgIpc) is 3.35. The van der Waals surface area contributed by atoms with Crippen LogP contribution in [-0.2, 0) is 0 Å². The summed E-state index contributed by atoms with van der Waals surface area (Å²) in [6.07, 6.45) is 8.72. The number of tetrazole rings is 1. The van der Waals surface area contributed by atoms with E-state index in [4.69, 9.17) is 0 Å². The second-order valence-electron chi connectivity index (χ2n) is 11.2. The van der Waals surface area contributed by atoms with E-state index in [0.717, 1.165) is 50.4 Å². The van der Waals surface area contributed by atoms with Crippen LogP contribution >= 0.6 is 0 Å². The van der Waals surface area contributed by atoms with E-state index >= 15 is 4.39 Å². The van der Waals surface area contributed by atoms with Crippen LogP contribution in [0.25, 0.3) is 5.69 Å². The quantitative estimate of drug-likeness (QED) is 0.514. The van der Waals surface area contributed by atoms with Crippen LogP contribution in [0.2, 0.25) is 0 Å². The van der Waals surface area contributed by atoms with Crippen molar-refractivity contribution < 1.29 is 8.78 Å². The molecule has 0 amide bonds. The number of nitrogens with zero attached hydrogens (tertiary/aromatic N) is 7. The van der Waals surface area contributed by atoms with Crippen LogP contribution in [0.4, 0.5) is 26.2 Å². The minimum absolute atomic E-state index is 0.00476. The maximum absolute atomic E-state index is 15.1. The number of nitrogens with one attached hydrogen (secondary N) is 2. The molecule has 1 aliphatic carbocycles. The van der Waals surface area contributed by atoms with Crippen LogP contribution in [-0.4, -0.2) is 58.7 Å². The Morgan fingerprint density at radius 3 is 2.67 bits per heavy atom. The molecule has 0 bridgehead atoms. The highest BCUT2D eigenvalue weighted by molar-refractivity contribution is 5.62. The van der Waals surface area contributed by atoms with Crippen LogP contribution in [0, 0.1) is 11.6 Å². The Morgan fingerprint density at radius 2 is 1.92 bits per heavy atom. The summed E-state index contributed by atoms with van der Waals surface area (Å²) in [5, 5.41) is 17.7. The zero-order valence-electron chi connectivity index (χ0n) is 20.8. The Hall–Kier alpha value is -3.21. The summed E-state index contributed by atoms with van der Waals surface area (Å²) >= 11 is 0. The van der Waals surface area contributed by atoms with Gasteiger partial charge in [0.2, 0.25) is 5.95 Å². The highest BCUT2D eigenvalue weighted by atomic mass is 19.1. The van der Waals surface area contributed by atoms with Gasteiger partial charge in [-0.2, -0.15) is 4.98 Å². The first kappa shape index (κ1) is 23.2. The highest BCUT2D eigenvalue weighted by Crippen LogP contribution is 2.46. The van der Waals surface area contributed by atoms with Crippen molar-refractivity contribution in [3.63, 3.8) is 0 Å². The maximum atomic E-state index is 15.1. The lowest BCUT2D eigenvalue weighted by Gasteiger charge is -2.53. The van der Waals surface area contributed by atoms with Gasteiger partial charge in [-0.25, -0.2) is 18.4 Å². The molecule has 4 heterocycles. The van der Waals surface area contributed by atoms with Crippen LogP contribution in [0.15, 0.2) is 24.7 Å². The van der Waals surface area contributed by atoms with Crippen LogP contribution in [0.3, 0.4) is 0 Å². The van der Waals surface area contributed by atoms with Crippen molar-refractivity contribution in [3.05, 3.63) is 41.9 Å². The van der Waals surface area contributed by atoms with E-state index in [0.29, 0.717) is 11.6 Å². The second-order valence-corrected chi connectivity index (χ2v) is 11.2. The van der Waals surface area contributed by atoms with Crippen molar-refractivity contribution in [1.29, 1.82) is 0 Å². The molecule has 1 saturated carbocycles. The summed E-state index contributed by atoms with van der Waals surface area (Å²) < 4.78 is 31.4. The zero-order valence-corrected chi connectivity index (χ0v) is 20.8. The first-order valence-corrected chi connectivity index (χ1v) is 12.6. The number of hydrogen-bond donors (Lipinski definition) is 2. The summed E-state index contributed by atoms with van der Waals surface area (Å²) in [6.45, 7) is 7.91. The molecule has 0 unspecified atom stereocenters. The lowest BCUT2D eigenvalue weighted by atomic mass is 9.77. The van der Waals surface area contributed by atoms with Crippen molar-refractivity contribution in [1.82, 2.24) is 35.1 Å². The lowest BCUT2D eigenvalue weighted by Crippen LogP contribution is -2.61. The topological polar surface area (TPSA) is 96.7 Å². The molecule has 2 saturated heterocycles. The first-order chi connectivity index (χ1) is 17.2. The van der Waals surface area contributed by atoms with Crippen LogP contribution < -0.4 is 10.6 Å². The highest BCUT2D eigenvalue weighted by Gasteiger charge is 2.50.